The number of rotatable bonds is 29. The topological polar surface area (TPSA) is 165 Å². The number of hydrogen-bond acceptors (Lipinski definition) is 16. The fourth-order valence-corrected chi connectivity index (χ4v) is 11.7. The van der Waals surface area contributed by atoms with Crippen LogP contribution in [0.1, 0.15) is 169 Å². The molecule has 0 aromatic rings. The van der Waals surface area contributed by atoms with Crippen LogP contribution in [0.2, 0.25) is 0 Å². The van der Waals surface area contributed by atoms with Crippen molar-refractivity contribution < 1.29 is 38.1 Å². The van der Waals surface area contributed by atoms with Crippen LogP contribution in [0, 0.1) is 23.2 Å². The van der Waals surface area contributed by atoms with Crippen molar-refractivity contribution >= 4 is 29.7 Å². The van der Waals surface area contributed by atoms with E-state index in [1.807, 2.05) is 37.4 Å². The monoisotopic (exact) mass is 1230 g/mol. The van der Waals surface area contributed by atoms with Crippen LogP contribution in [-0.2, 0) is 33.3 Å². The van der Waals surface area contributed by atoms with Crippen molar-refractivity contribution in [2.24, 2.45) is 23.2 Å². The van der Waals surface area contributed by atoms with Crippen molar-refractivity contribution in [3.05, 3.63) is 12.4 Å². The van der Waals surface area contributed by atoms with Gasteiger partial charge >= 0.3 is 6.09 Å². The zero-order valence-electron chi connectivity index (χ0n) is 58.2. The van der Waals surface area contributed by atoms with Crippen LogP contribution in [0.4, 0.5) is 4.79 Å². The van der Waals surface area contributed by atoms with Crippen LogP contribution >= 0.6 is 11.8 Å². The van der Waals surface area contributed by atoms with E-state index >= 15 is 0 Å². The number of thioether (sulfide) groups is 1. The Labute approximate surface area is 526 Å². The molecule has 3 amide bonds. The number of carbonyl (C=O) groups is 3. The van der Waals surface area contributed by atoms with Crippen LogP contribution in [0.5, 0.6) is 0 Å². The fraction of sp³-hybridized carbons (Fsp3) is 0.924. The summed E-state index contributed by atoms with van der Waals surface area (Å²) in [5, 5.41) is 13.9. The molecule has 0 aliphatic carbocycles. The number of nitrogens with one attached hydrogen (secondary N) is 4. The Morgan fingerprint density at radius 2 is 1.15 bits per heavy atom. The third-order valence-electron chi connectivity index (χ3n) is 15.3. The van der Waals surface area contributed by atoms with Gasteiger partial charge in [0.25, 0.3) is 0 Å². The van der Waals surface area contributed by atoms with Gasteiger partial charge in [0, 0.05) is 101 Å². The summed E-state index contributed by atoms with van der Waals surface area (Å²) in [6, 6.07) is 2.67. The zero-order valence-corrected chi connectivity index (χ0v) is 59.0. The standard InChI is InChI=1S/C29H53N5O6S.C12H24N2O2.C10H23N.C9H19N.C6H15N/c1-23(2)33-10-12-34(13-11-33)28(36)8-14-37-16-18-39-20-21-40-19-17-38-15-9-30-27(35)7-5-4-6-26-29-25(22-41-26)31-24(3)32-29;1-10(2)13-6-8-14(9-7-13)11(15)16-12(3,4)5;1-8(2)7-11-9(3)10(4,5)6;1-9(2)8-10-6-4-3-5-7-10;1-6(2)5-7(3)4/h23,25-26,29,31-32H,3-22H2,1-2H3,(H,30,35);10H,6-9H2,1-5H3;8-9,11H,7H2,1-6H3;9H,3-8H2,1-2H3;6H,5H2,1-4H3/t;;9-;;/m..1../s1. The highest BCUT2D eigenvalue weighted by Gasteiger charge is 2.40. The quantitative estimate of drug-likeness (QED) is 0.0524. The maximum Gasteiger partial charge on any atom is 0.410 e. The molecule has 5 fully saturated rings. The van der Waals surface area contributed by atoms with Gasteiger partial charge in [-0.1, -0.05) is 81.7 Å². The van der Waals surface area contributed by atoms with Crippen LogP contribution in [0.3, 0.4) is 0 Å². The molecular weight excluding hydrogens is 1090 g/mol. The molecule has 502 valence electrons. The first-order valence-electron chi connectivity index (χ1n) is 33.2. The number of likely N-dealkylation sites (tertiary alicyclic amines) is 1. The smallest absolute Gasteiger partial charge is 0.410 e. The summed E-state index contributed by atoms with van der Waals surface area (Å²) in [6.45, 7) is 58.5. The molecule has 0 bridgehead atoms. The number of carbonyl (C=O) groups excluding carboxylic acids is 3. The molecule has 5 rings (SSSR count). The van der Waals surface area contributed by atoms with Crippen molar-refractivity contribution in [1.29, 1.82) is 0 Å². The number of hydrogen-bond donors (Lipinski definition) is 4. The molecule has 5 saturated heterocycles. The number of unbranched alkanes of at least 4 members (excludes halogenated alkanes) is 1. The summed E-state index contributed by atoms with van der Waals surface area (Å²) < 4.78 is 27.4. The molecular formula is C66H134N10O8S. The van der Waals surface area contributed by atoms with Gasteiger partial charge in [-0.05, 0) is 145 Å². The first-order valence-corrected chi connectivity index (χ1v) is 34.3. The molecule has 18 nitrogen and oxygen atoms in total. The number of piperazine rings is 2. The minimum Gasteiger partial charge on any atom is -0.444 e. The highest BCUT2D eigenvalue weighted by molar-refractivity contribution is 8.00. The van der Waals surface area contributed by atoms with E-state index in [0.717, 1.165) is 107 Å². The Balaban J connectivity index is 0.000000661. The maximum atomic E-state index is 12.3. The van der Waals surface area contributed by atoms with Gasteiger partial charge in [-0.3, -0.25) is 19.4 Å². The third-order valence-corrected chi connectivity index (χ3v) is 16.8. The summed E-state index contributed by atoms with van der Waals surface area (Å²) in [5.41, 5.74) is -0.0127. The molecule has 85 heavy (non-hydrogen) atoms. The van der Waals surface area contributed by atoms with Gasteiger partial charge in [-0.25, -0.2) is 4.79 Å². The van der Waals surface area contributed by atoms with E-state index in [4.69, 9.17) is 23.7 Å². The van der Waals surface area contributed by atoms with Gasteiger partial charge in [-0.15, -0.1) is 0 Å². The molecule has 5 aliphatic rings. The molecule has 0 spiro atoms. The van der Waals surface area contributed by atoms with Crippen LogP contribution in [0.25, 0.3) is 0 Å². The molecule has 0 radical (unpaired) electrons. The largest absolute Gasteiger partial charge is 0.444 e. The van der Waals surface area contributed by atoms with Crippen LogP contribution < -0.4 is 21.3 Å². The van der Waals surface area contributed by atoms with Crippen molar-refractivity contribution in [2.75, 3.05) is 164 Å². The minimum absolute atomic E-state index is 0.0868. The Kier molecular flexibility index (Phi) is 43.3. The molecule has 5 aliphatic heterocycles. The second kappa shape index (κ2) is 45.7. The van der Waals surface area contributed by atoms with Crippen molar-refractivity contribution in [3.63, 3.8) is 0 Å². The first kappa shape index (κ1) is 80.6. The van der Waals surface area contributed by atoms with E-state index in [9.17, 15) is 14.4 Å². The number of nitrogens with zero attached hydrogens (tertiary/aromatic N) is 6. The van der Waals surface area contributed by atoms with Crippen molar-refractivity contribution in [3.8, 4) is 0 Å². The van der Waals surface area contributed by atoms with Crippen molar-refractivity contribution in [1.82, 2.24) is 50.7 Å². The molecule has 5 heterocycles. The average Bonchev–Trinajstić information content (AvgIpc) is 2.52. The molecule has 4 N–H and O–H groups in total. The predicted molar refractivity (Wildman–Crippen MR) is 357 cm³/mol. The number of piperidine rings is 1. The molecule has 0 aromatic carbocycles. The molecule has 0 saturated carbocycles. The molecule has 19 heteroatoms. The second-order valence-corrected chi connectivity index (χ2v) is 29.2. The average molecular weight is 1230 g/mol. The summed E-state index contributed by atoms with van der Waals surface area (Å²) in [6.07, 6.45) is 8.19. The van der Waals surface area contributed by atoms with E-state index in [-0.39, 0.29) is 17.9 Å². The van der Waals surface area contributed by atoms with E-state index in [2.05, 4.69) is 158 Å². The first-order chi connectivity index (χ1) is 40.0. The van der Waals surface area contributed by atoms with E-state index in [1.165, 1.54) is 45.4 Å². The lowest BCUT2D eigenvalue weighted by Gasteiger charge is -2.37. The molecule has 4 atom stereocenters. The summed E-state index contributed by atoms with van der Waals surface area (Å²) in [7, 11) is 4.19. The van der Waals surface area contributed by atoms with Gasteiger partial charge in [-0.2, -0.15) is 11.8 Å². The number of fused-ring (bicyclic) bond motifs is 1. The predicted octanol–water partition coefficient (Wildman–Crippen LogP) is 9.14. The normalized spacial score (nSPS) is 20.0. The van der Waals surface area contributed by atoms with Crippen LogP contribution in [0.15, 0.2) is 12.4 Å². The van der Waals surface area contributed by atoms with E-state index < -0.39 is 5.60 Å². The Morgan fingerprint density at radius 3 is 1.61 bits per heavy atom. The van der Waals surface area contributed by atoms with E-state index in [1.54, 1.807) is 4.90 Å². The molecule has 0 aromatic heterocycles. The number of amides is 3. The number of ether oxygens (including phenoxy) is 5. The summed E-state index contributed by atoms with van der Waals surface area (Å²) >= 11 is 2.02. The van der Waals surface area contributed by atoms with E-state index in [0.29, 0.717) is 113 Å². The third kappa shape index (κ3) is 41.5. The zero-order chi connectivity index (χ0) is 64.0. The van der Waals surface area contributed by atoms with Gasteiger partial charge in [0.2, 0.25) is 11.8 Å². The Hall–Kier alpha value is -2.46. The summed E-state index contributed by atoms with van der Waals surface area (Å²) in [5.74, 6) is 4.72. The second-order valence-electron chi connectivity index (χ2n) is 28.0. The van der Waals surface area contributed by atoms with Crippen LogP contribution in [-0.4, -0.2) is 253 Å². The lowest BCUT2D eigenvalue weighted by Crippen LogP contribution is -2.51. The summed E-state index contributed by atoms with van der Waals surface area (Å²) in [4.78, 5) is 49.4. The van der Waals surface area contributed by atoms with Gasteiger partial charge in [0.1, 0.15) is 5.60 Å². The van der Waals surface area contributed by atoms with Gasteiger partial charge in [0.05, 0.1) is 77.2 Å². The van der Waals surface area contributed by atoms with Gasteiger partial charge in [0.15, 0.2) is 0 Å². The van der Waals surface area contributed by atoms with Gasteiger partial charge < -0.3 is 64.6 Å². The van der Waals surface area contributed by atoms with Crippen molar-refractivity contribution in [2.45, 2.75) is 210 Å². The minimum atomic E-state index is -0.397. The maximum absolute atomic E-state index is 12.3. The lowest BCUT2D eigenvalue weighted by atomic mass is 9.88. The lowest BCUT2D eigenvalue weighted by molar-refractivity contribution is -0.134. The Morgan fingerprint density at radius 1 is 0.635 bits per heavy atom. The highest BCUT2D eigenvalue weighted by Crippen LogP contribution is 2.34. The highest BCUT2D eigenvalue weighted by atomic mass is 32.2. The SMILES string of the molecule is C=C1NC2CSC(CCCCC(=O)NCCOCCOCCOCCOCCC(=O)N3CCN(C(C)C)CC3)C2N1.CC(C)CN(C)C.CC(C)CN1CCCCC1.CC(C)CN[C@H](C)C(C)(C)C.CC(C)N1CCN(C(=O)OC(C)(C)C)CC1. The molecule has 3 unspecified atom stereocenters. The Bertz CT molecular complexity index is 1700. The fourth-order valence-electron chi connectivity index (χ4n) is 10.2.